The molecule has 0 aliphatic heterocycles. The van der Waals surface area contributed by atoms with Crippen molar-refractivity contribution in [3.8, 4) is 0 Å². The van der Waals surface area contributed by atoms with Crippen LogP contribution in [0.2, 0.25) is 5.15 Å². The minimum Gasteiger partial charge on any atom is -0.444 e. The summed E-state index contributed by atoms with van der Waals surface area (Å²) < 4.78 is 61.3. The Kier molecular flexibility index (Phi) is 6.74. The number of amides is 2. The van der Waals surface area contributed by atoms with E-state index in [1.54, 1.807) is 33.0 Å². The van der Waals surface area contributed by atoms with Crippen LogP contribution in [0.15, 0.2) is 12.3 Å². The van der Waals surface area contributed by atoms with Gasteiger partial charge in [0.15, 0.2) is 10.8 Å². The van der Waals surface area contributed by atoms with Crippen LogP contribution < -0.4 is 10.6 Å². The van der Waals surface area contributed by atoms with Crippen molar-refractivity contribution in [1.82, 2.24) is 25.2 Å². The lowest BCUT2D eigenvalue weighted by Gasteiger charge is -2.34. The molecule has 224 valence electrons. The van der Waals surface area contributed by atoms with Crippen LogP contribution in [0.1, 0.15) is 89.1 Å². The van der Waals surface area contributed by atoms with Crippen LogP contribution in [0.4, 0.5) is 22.4 Å². The van der Waals surface area contributed by atoms with Gasteiger partial charge in [0.05, 0.1) is 24.0 Å². The van der Waals surface area contributed by atoms with Crippen molar-refractivity contribution in [2.75, 3.05) is 0 Å². The van der Waals surface area contributed by atoms with E-state index in [0.717, 1.165) is 12.8 Å². The molecule has 0 aromatic carbocycles. The Balaban J connectivity index is 1.23. The first kappa shape index (κ1) is 28.5. The number of fused-ring (bicyclic) bond motifs is 2. The molecule has 0 radical (unpaired) electrons. The van der Waals surface area contributed by atoms with Crippen LogP contribution in [0.5, 0.6) is 0 Å². The largest absolute Gasteiger partial charge is 0.444 e. The number of alkyl carbamates (subject to hydrolysis) is 1. The second-order valence-electron chi connectivity index (χ2n) is 13.3. The average molecular weight is 600 g/mol. The molecule has 2 aromatic rings. The lowest BCUT2D eigenvalue weighted by atomic mass is 9.79. The monoisotopic (exact) mass is 599 g/mol. The van der Waals surface area contributed by atoms with Gasteiger partial charge in [0.25, 0.3) is 5.92 Å². The van der Waals surface area contributed by atoms with Gasteiger partial charge in [-0.3, -0.25) is 4.79 Å². The SMILES string of the molecule is CC(C)(C)OC(=O)N[C@H](c1cn2nc(Cl)c([C@H](NC(=O)CC3CC(F)(F)C3)C3CC3)cc2n1)C1C[C@@H]2[C@H](C1)C2(F)F. The number of aromatic nitrogens is 3. The summed E-state index contributed by atoms with van der Waals surface area (Å²) in [4.78, 5) is 30.1. The van der Waals surface area contributed by atoms with Crippen LogP contribution in [-0.2, 0) is 9.53 Å². The van der Waals surface area contributed by atoms with Gasteiger partial charge in [0.1, 0.15) is 5.60 Å². The highest BCUT2D eigenvalue weighted by Crippen LogP contribution is 2.67. The van der Waals surface area contributed by atoms with Crippen molar-refractivity contribution in [2.45, 2.75) is 95.2 Å². The molecule has 2 aromatic heterocycles. The van der Waals surface area contributed by atoms with Crippen molar-refractivity contribution in [1.29, 1.82) is 0 Å². The standard InChI is InChI=1S/C28H34ClF4N5O3/c1-26(2,3)41-25(40)36-23(15-7-17-18(8-15)28(17,32)33)19-12-38-20(34-19)9-16(24(29)37-38)22(14-4-5-14)35-21(39)6-13-10-27(30,31)11-13/h9,12-15,17-18,22-23H,4-8,10-11H2,1-3H3,(H,35,39)(H,36,40)/t15?,17-,18+,22-,23+/m1/s1. The lowest BCUT2D eigenvalue weighted by Crippen LogP contribution is -2.39. The summed E-state index contributed by atoms with van der Waals surface area (Å²) in [6.45, 7) is 5.21. The van der Waals surface area contributed by atoms with Gasteiger partial charge in [-0.15, -0.1) is 0 Å². The Morgan fingerprint density at radius 1 is 1.10 bits per heavy atom. The van der Waals surface area contributed by atoms with Crippen LogP contribution in [0, 0.1) is 29.6 Å². The summed E-state index contributed by atoms with van der Waals surface area (Å²) in [5.74, 6) is -7.49. The van der Waals surface area contributed by atoms with E-state index in [9.17, 15) is 27.2 Å². The minimum absolute atomic E-state index is 0.0278. The Morgan fingerprint density at radius 2 is 1.76 bits per heavy atom. The molecule has 0 saturated heterocycles. The van der Waals surface area contributed by atoms with E-state index in [1.807, 2.05) is 0 Å². The molecule has 2 N–H and O–H groups in total. The third kappa shape index (κ3) is 5.85. The summed E-state index contributed by atoms with van der Waals surface area (Å²) in [6, 6.07) is 0.620. The molecule has 4 fully saturated rings. The highest BCUT2D eigenvalue weighted by Gasteiger charge is 2.72. The van der Waals surface area contributed by atoms with E-state index in [-0.39, 0.29) is 60.9 Å². The molecule has 4 saturated carbocycles. The summed E-state index contributed by atoms with van der Waals surface area (Å²) in [7, 11) is 0. The zero-order chi connectivity index (χ0) is 29.5. The van der Waals surface area contributed by atoms with E-state index >= 15 is 0 Å². The molecule has 5 atom stereocenters. The van der Waals surface area contributed by atoms with E-state index in [4.69, 9.17) is 21.3 Å². The number of hydrogen-bond donors (Lipinski definition) is 2. The van der Waals surface area contributed by atoms with Crippen molar-refractivity contribution < 1.29 is 31.9 Å². The Bertz CT molecular complexity index is 1350. The number of hydrogen-bond acceptors (Lipinski definition) is 5. The molecule has 2 heterocycles. The number of ether oxygens (including phenoxy) is 1. The van der Waals surface area contributed by atoms with E-state index < -0.39 is 47.5 Å². The topological polar surface area (TPSA) is 97.6 Å². The quantitative estimate of drug-likeness (QED) is 0.350. The molecule has 2 amide bonds. The summed E-state index contributed by atoms with van der Waals surface area (Å²) in [6.07, 6.45) is 2.70. The van der Waals surface area contributed by atoms with Crippen molar-refractivity contribution >= 4 is 29.2 Å². The third-order valence-corrected chi connectivity index (χ3v) is 9.08. The molecule has 4 aliphatic carbocycles. The molecule has 0 bridgehead atoms. The van der Waals surface area contributed by atoms with Crippen LogP contribution >= 0.6 is 11.6 Å². The number of halogens is 5. The zero-order valence-corrected chi connectivity index (χ0v) is 23.9. The van der Waals surface area contributed by atoms with Gasteiger partial charge in [-0.1, -0.05) is 11.6 Å². The highest BCUT2D eigenvalue weighted by molar-refractivity contribution is 6.30. The van der Waals surface area contributed by atoms with Crippen LogP contribution in [-0.4, -0.2) is 44.0 Å². The van der Waals surface area contributed by atoms with Gasteiger partial charge in [0.2, 0.25) is 11.8 Å². The Hall–Kier alpha value is -2.63. The van der Waals surface area contributed by atoms with Gasteiger partial charge < -0.3 is 15.4 Å². The fourth-order valence-corrected chi connectivity index (χ4v) is 6.85. The van der Waals surface area contributed by atoms with E-state index in [1.165, 1.54) is 4.52 Å². The summed E-state index contributed by atoms with van der Waals surface area (Å²) in [5.41, 5.74) is 0.695. The number of alkyl halides is 4. The predicted molar refractivity (Wildman–Crippen MR) is 141 cm³/mol. The normalized spacial score (nSPS) is 28.0. The average Bonchev–Trinajstić information content (AvgIpc) is 3.60. The first-order valence-corrected chi connectivity index (χ1v) is 14.6. The lowest BCUT2D eigenvalue weighted by molar-refractivity contribution is -0.134. The third-order valence-electron chi connectivity index (χ3n) is 8.79. The van der Waals surface area contributed by atoms with Crippen LogP contribution in [0.3, 0.4) is 0 Å². The van der Waals surface area contributed by atoms with Crippen molar-refractivity contribution in [2.24, 2.45) is 29.6 Å². The second kappa shape index (κ2) is 9.70. The van der Waals surface area contributed by atoms with Crippen LogP contribution in [0.25, 0.3) is 5.65 Å². The molecule has 41 heavy (non-hydrogen) atoms. The fourth-order valence-electron chi connectivity index (χ4n) is 6.60. The maximum absolute atomic E-state index is 14.0. The van der Waals surface area contributed by atoms with Gasteiger partial charge in [-0.05, 0) is 70.3 Å². The van der Waals surface area contributed by atoms with Gasteiger partial charge in [0, 0.05) is 36.7 Å². The minimum atomic E-state index is -2.69. The molecular weight excluding hydrogens is 566 g/mol. The Labute approximate surface area is 239 Å². The second-order valence-corrected chi connectivity index (χ2v) is 13.7. The Morgan fingerprint density at radius 3 is 2.34 bits per heavy atom. The number of nitrogens with zero attached hydrogens (tertiary/aromatic N) is 3. The molecule has 0 spiro atoms. The number of rotatable bonds is 8. The molecular formula is C28H34ClF4N5O3. The zero-order valence-electron chi connectivity index (χ0n) is 23.1. The van der Waals surface area contributed by atoms with E-state index in [0.29, 0.717) is 16.9 Å². The highest BCUT2D eigenvalue weighted by atomic mass is 35.5. The molecule has 13 heteroatoms. The maximum atomic E-state index is 14.0. The molecule has 8 nitrogen and oxygen atoms in total. The number of nitrogens with one attached hydrogen (secondary N) is 2. The first-order valence-electron chi connectivity index (χ1n) is 14.2. The van der Waals surface area contributed by atoms with Gasteiger partial charge >= 0.3 is 6.09 Å². The molecule has 1 unspecified atom stereocenters. The molecule has 6 rings (SSSR count). The number of imidazole rings is 1. The van der Waals surface area contributed by atoms with Gasteiger partial charge in [-0.2, -0.15) is 5.10 Å². The first-order chi connectivity index (χ1) is 19.1. The smallest absolute Gasteiger partial charge is 0.408 e. The van der Waals surface area contributed by atoms with Crippen molar-refractivity contribution in [3.05, 3.63) is 28.7 Å². The maximum Gasteiger partial charge on any atom is 0.408 e. The summed E-state index contributed by atoms with van der Waals surface area (Å²) in [5, 5.41) is 10.4. The summed E-state index contributed by atoms with van der Waals surface area (Å²) >= 11 is 6.58. The van der Waals surface area contributed by atoms with E-state index in [2.05, 4.69) is 15.7 Å². The predicted octanol–water partition coefficient (Wildman–Crippen LogP) is 6.24. The van der Waals surface area contributed by atoms with Crippen molar-refractivity contribution in [3.63, 3.8) is 0 Å². The fraction of sp³-hybridized carbons (Fsp3) is 0.714. The number of carbonyl (C=O) groups excluding carboxylic acids is 2. The molecule has 4 aliphatic rings. The van der Waals surface area contributed by atoms with Gasteiger partial charge in [-0.25, -0.2) is 31.9 Å². The number of carbonyl (C=O) groups is 2.